The lowest BCUT2D eigenvalue weighted by Crippen LogP contribution is -2.36. The first-order valence-electron chi connectivity index (χ1n) is 8.44. The van der Waals surface area contributed by atoms with Gasteiger partial charge in [0.15, 0.2) is 11.3 Å². The fourth-order valence-corrected chi connectivity index (χ4v) is 3.01. The first-order valence-corrected chi connectivity index (χ1v) is 8.44. The van der Waals surface area contributed by atoms with Crippen LogP contribution in [0, 0.1) is 0 Å². The minimum atomic E-state index is -0.0160. The predicted octanol–water partition coefficient (Wildman–Crippen LogP) is 3.80. The van der Waals surface area contributed by atoms with Crippen LogP contribution in [0.2, 0.25) is 0 Å². The van der Waals surface area contributed by atoms with Gasteiger partial charge in [-0.15, -0.1) is 0 Å². The molecule has 0 N–H and O–H groups in total. The number of morpholine rings is 1. The fourth-order valence-electron chi connectivity index (χ4n) is 3.01. The van der Waals surface area contributed by atoms with Gasteiger partial charge in [0, 0.05) is 24.7 Å². The van der Waals surface area contributed by atoms with Crippen LogP contribution < -0.4 is 10.3 Å². The van der Waals surface area contributed by atoms with Gasteiger partial charge in [-0.05, 0) is 11.6 Å². The third-order valence-corrected chi connectivity index (χ3v) is 4.35. The standard InChI is InChI=1S/C21H19NO3/c23-19-15-20(22-11-13-24-14-12-22)25-21-17(7-4-8-18(19)21)10-9-16-5-2-1-3-6-16/h1-10,15H,11-14H2/b10-9+. The Kier molecular flexibility index (Phi) is 4.36. The molecular formula is C21H19NO3. The van der Waals surface area contributed by atoms with Crippen LogP contribution in [-0.4, -0.2) is 26.3 Å². The number of hydrogen-bond donors (Lipinski definition) is 0. The molecule has 1 aliphatic heterocycles. The van der Waals surface area contributed by atoms with Gasteiger partial charge in [0.05, 0.1) is 18.6 Å². The number of fused-ring (bicyclic) bond motifs is 1. The maximum Gasteiger partial charge on any atom is 0.200 e. The second-order valence-corrected chi connectivity index (χ2v) is 6.02. The Morgan fingerprint density at radius 2 is 1.72 bits per heavy atom. The van der Waals surface area contributed by atoms with Crippen molar-refractivity contribution in [3.05, 3.63) is 75.9 Å². The van der Waals surface area contributed by atoms with Gasteiger partial charge < -0.3 is 14.1 Å². The quantitative estimate of drug-likeness (QED) is 0.684. The second kappa shape index (κ2) is 6.95. The number of hydrogen-bond acceptors (Lipinski definition) is 4. The topological polar surface area (TPSA) is 42.7 Å². The van der Waals surface area contributed by atoms with Crippen molar-refractivity contribution in [2.24, 2.45) is 0 Å². The van der Waals surface area contributed by atoms with E-state index in [2.05, 4.69) is 4.90 Å². The monoisotopic (exact) mass is 333 g/mol. The van der Waals surface area contributed by atoms with Gasteiger partial charge in [0.1, 0.15) is 5.58 Å². The van der Waals surface area contributed by atoms with Crippen molar-refractivity contribution in [3.63, 3.8) is 0 Å². The van der Waals surface area contributed by atoms with Crippen molar-refractivity contribution < 1.29 is 9.15 Å². The Balaban J connectivity index is 1.77. The molecule has 126 valence electrons. The average molecular weight is 333 g/mol. The first-order chi connectivity index (χ1) is 12.3. The zero-order chi connectivity index (χ0) is 17.1. The number of benzene rings is 2. The third kappa shape index (κ3) is 3.35. The van der Waals surface area contributed by atoms with Crippen molar-refractivity contribution in [2.75, 3.05) is 31.2 Å². The van der Waals surface area contributed by atoms with Crippen LogP contribution in [0.15, 0.2) is 63.8 Å². The summed E-state index contributed by atoms with van der Waals surface area (Å²) in [5.41, 5.74) is 2.61. The van der Waals surface area contributed by atoms with Crippen molar-refractivity contribution in [1.82, 2.24) is 0 Å². The van der Waals surface area contributed by atoms with E-state index in [9.17, 15) is 4.79 Å². The van der Waals surface area contributed by atoms with Crippen LogP contribution in [0.1, 0.15) is 11.1 Å². The molecule has 1 aliphatic rings. The summed E-state index contributed by atoms with van der Waals surface area (Å²) in [5.74, 6) is 0.612. The molecule has 4 heteroatoms. The van der Waals surface area contributed by atoms with E-state index in [1.807, 2.05) is 60.7 Å². The van der Waals surface area contributed by atoms with Crippen molar-refractivity contribution in [1.29, 1.82) is 0 Å². The zero-order valence-electron chi connectivity index (χ0n) is 13.9. The highest BCUT2D eigenvalue weighted by atomic mass is 16.5. The zero-order valence-corrected chi connectivity index (χ0v) is 13.9. The van der Waals surface area contributed by atoms with Crippen LogP contribution in [-0.2, 0) is 4.74 Å². The van der Waals surface area contributed by atoms with Crippen LogP contribution in [0.3, 0.4) is 0 Å². The summed E-state index contributed by atoms with van der Waals surface area (Å²) in [6.07, 6.45) is 4.01. The molecule has 0 saturated carbocycles. The summed E-state index contributed by atoms with van der Waals surface area (Å²) >= 11 is 0. The summed E-state index contributed by atoms with van der Waals surface area (Å²) in [7, 11) is 0. The summed E-state index contributed by atoms with van der Waals surface area (Å²) in [6.45, 7) is 2.77. The van der Waals surface area contributed by atoms with Crippen molar-refractivity contribution >= 4 is 29.0 Å². The largest absolute Gasteiger partial charge is 0.440 e. The summed E-state index contributed by atoms with van der Waals surface area (Å²) < 4.78 is 11.5. The predicted molar refractivity (Wildman–Crippen MR) is 101 cm³/mol. The van der Waals surface area contributed by atoms with E-state index >= 15 is 0 Å². The van der Waals surface area contributed by atoms with Crippen molar-refractivity contribution in [3.8, 4) is 0 Å². The molecule has 0 unspecified atom stereocenters. The Hall–Kier alpha value is -2.85. The molecule has 0 radical (unpaired) electrons. The Bertz CT molecular complexity index is 954. The Morgan fingerprint density at radius 3 is 2.52 bits per heavy atom. The molecule has 3 aromatic rings. The fraction of sp³-hybridized carbons (Fsp3) is 0.190. The molecule has 0 spiro atoms. The van der Waals surface area contributed by atoms with Gasteiger partial charge in [-0.25, -0.2) is 0 Å². The number of nitrogens with zero attached hydrogens (tertiary/aromatic N) is 1. The molecule has 0 atom stereocenters. The van der Waals surface area contributed by atoms with E-state index in [4.69, 9.17) is 9.15 Å². The lowest BCUT2D eigenvalue weighted by Gasteiger charge is -2.27. The smallest absolute Gasteiger partial charge is 0.200 e. The van der Waals surface area contributed by atoms with E-state index in [1.165, 1.54) is 0 Å². The molecule has 4 nitrogen and oxygen atoms in total. The highest BCUT2D eigenvalue weighted by Gasteiger charge is 2.16. The van der Waals surface area contributed by atoms with Gasteiger partial charge in [-0.3, -0.25) is 4.79 Å². The maximum atomic E-state index is 12.5. The Morgan fingerprint density at radius 1 is 0.920 bits per heavy atom. The lowest BCUT2D eigenvalue weighted by molar-refractivity contribution is 0.121. The maximum absolute atomic E-state index is 12.5. The number of para-hydroxylation sites is 1. The van der Waals surface area contributed by atoms with Gasteiger partial charge in [-0.1, -0.05) is 54.6 Å². The highest BCUT2D eigenvalue weighted by molar-refractivity contribution is 5.89. The van der Waals surface area contributed by atoms with E-state index in [0.29, 0.717) is 30.1 Å². The van der Waals surface area contributed by atoms with Gasteiger partial charge >= 0.3 is 0 Å². The van der Waals surface area contributed by atoms with Crippen LogP contribution in [0.4, 0.5) is 5.88 Å². The normalized spacial score (nSPS) is 15.1. The molecule has 25 heavy (non-hydrogen) atoms. The molecule has 1 fully saturated rings. The second-order valence-electron chi connectivity index (χ2n) is 6.02. The highest BCUT2D eigenvalue weighted by Crippen LogP contribution is 2.24. The van der Waals surface area contributed by atoms with Crippen molar-refractivity contribution in [2.45, 2.75) is 0 Å². The van der Waals surface area contributed by atoms with Gasteiger partial charge in [-0.2, -0.15) is 0 Å². The summed E-state index contributed by atoms with van der Waals surface area (Å²) in [5, 5.41) is 0.604. The number of anilines is 1. The van der Waals surface area contributed by atoms with Crippen LogP contribution >= 0.6 is 0 Å². The SMILES string of the molecule is O=c1cc(N2CCOCC2)oc2c(/C=C/c3ccccc3)cccc12. The molecular weight excluding hydrogens is 314 g/mol. The molecule has 1 saturated heterocycles. The molecule has 0 bridgehead atoms. The first kappa shape index (κ1) is 15.7. The van der Waals surface area contributed by atoms with E-state index < -0.39 is 0 Å². The molecule has 1 aromatic heterocycles. The van der Waals surface area contributed by atoms with E-state index in [0.717, 1.165) is 24.2 Å². The molecule has 2 aromatic carbocycles. The molecule has 4 rings (SSSR count). The van der Waals surface area contributed by atoms with Crippen LogP contribution in [0.5, 0.6) is 0 Å². The minimum Gasteiger partial charge on any atom is -0.440 e. The van der Waals surface area contributed by atoms with Gasteiger partial charge in [0.25, 0.3) is 0 Å². The Labute approximate surface area is 146 Å². The minimum absolute atomic E-state index is 0.0160. The van der Waals surface area contributed by atoms with Crippen LogP contribution in [0.25, 0.3) is 23.1 Å². The summed E-state index contributed by atoms with van der Waals surface area (Å²) in [6, 6.07) is 17.3. The molecule has 0 aliphatic carbocycles. The van der Waals surface area contributed by atoms with E-state index in [-0.39, 0.29) is 5.43 Å². The van der Waals surface area contributed by atoms with E-state index in [1.54, 1.807) is 6.07 Å². The van der Waals surface area contributed by atoms with Gasteiger partial charge in [0.2, 0.25) is 0 Å². The lowest BCUT2D eigenvalue weighted by atomic mass is 10.1. The average Bonchev–Trinajstić information content (AvgIpc) is 2.68. The summed E-state index contributed by atoms with van der Waals surface area (Å²) in [4.78, 5) is 14.6. The number of rotatable bonds is 3. The third-order valence-electron chi connectivity index (χ3n) is 4.35. The molecule has 0 amide bonds. The number of ether oxygens (including phenoxy) is 1. The molecule has 2 heterocycles.